The Hall–Kier alpha value is -2.39. The molecule has 2 heterocycles. The van der Waals surface area contributed by atoms with E-state index >= 15 is 0 Å². The standard InChI is InChI=1S/C15H18N6O2S/c22-21(23)14-7-3-2-6-13(14)10-16-19-11-17-20(15(19)24)12-18-8-4-1-5-9-18/h2-3,6-7,10-11H,1,4-5,8-9,12H2. The van der Waals surface area contributed by atoms with E-state index in [1.54, 1.807) is 22.9 Å². The lowest BCUT2D eigenvalue weighted by Gasteiger charge is -2.25. The highest BCUT2D eigenvalue weighted by atomic mass is 32.1. The summed E-state index contributed by atoms with van der Waals surface area (Å²) < 4.78 is 3.64. The molecule has 8 nitrogen and oxygen atoms in total. The van der Waals surface area contributed by atoms with Crippen molar-refractivity contribution in [3.8, 4) is 0 Å². The van der Waals surface area contributed by atoms with Gasteiger partial charge in [-0.25, -0.2) is 4.68 Å². The summed E-state index contributed by atoms with van der Waals surface area (Å²) in [5.41, 5.74) is 0.432. The number of nitrogens with zero attached hydrogens (tertiary/aromatic N) is 6. The molecule has 2 aromatic rings. The van der Waals surface area contributed by atoms with Crippen LogP contribution in [0, 0.1) is 14.9 Å². The molecular weight excluding hydrogens is 328 g/mol. The molecule has 0 bridgehead atoms. The van der Waals surface area contributed by atoms with Crippen LogP contribution in [0.4, 0.5) is 5.69 Å². The summed E-state index contributed by atoms with van der Waals surface area (Å²) in [5.74, 6) is 0. The van der Waals surface area contributed by atoms with E-state index < -0.39 is 4.92 Å². The molecule has 0 radical (unpaired) electrons. The first-order valence-electron chi connectivity index (χ1n) is 7.80. The summed E-state index contributed by atoms with van der Waals surface area (Å²) in [6, 6.07) is 6.44. The molecule has 0 atom stereocenters. The Balaban J connectivity index is 1.77. The molecule has 0 aliphatic carbocycles. The molecule has 3 rings (SSSR count). The van der Waals surface area contributed by atoms with Crippen molar-refractivity contribution >= 4 is 24.1 Å². The van der Waals surface area contributed by atoms with Gasteiger partial charge < -0.3 is 0 Å². The maximum absolute atomic E-state index is 11.0. The van der Waals surface area contributed by atoms with Gasteiger partial charge in [0.2, 0.25) is 4.77 Å². The van der Waals surface area contributed by atoms with Crippen LogP contribution in [0.5, 0.6) is 0 Å². The fourth-order valence-electron chi connectivity index (χ4n) is 2.68. The molecule has 0 N–H and O–H groups in total. The number of likely N-dealkylation sites (tertiary alicyclic amines) is 1. The Morgan fingerprint density at radius 2 is 2.04 bits per heavy atom. The third-order valence-electron chi connectivity index (χ3n) is 3.95. The lowest BCUT2D eigenvalue weighted by molar-refractivity contribution is -0.385. The molecule has 0 amide bonds. The van der Waals surface area contributed by atoms with Crippen molar-refractivity contribution < 1.29 is 4.92 Å². The molecule has 1 saturated heterocycles. The number of nitro groups is 1. The van der Waals surface area contributed by atoms with Gasteiger partial charge in [0.25, 0.3) is 5.69 Å². The highest BCUT2D eigenvalue weighted by molar-refractivity contribution is 7.71. The van der Waals surface area contributed by atoms with Gasteiger partial charge in [-0.3, -0.25) is 15.0 Å². The lowest BCUT2D eigenvalue weighted by atomic mass is 10.1. The summed E-state index contributed by atoms with van der Waals surface area (Å²) in [4.78, 5) is 12.9. The largest absolute Gasteiger partial charge is 0.284 e. The Kier molecular flexibility index (Phi) is 5.11. The molecule has 1 aliphatic heterocycles. The van der Waals surface area contributed by atoms with Crippen LogP contribution in [-0.2, 0) is 6.67 Å². The van der Waals surface area contributed by atoms with Crippen LogP contribution in [0.15, 0.2) is 35.7 Å². The number of piperidine rings is 1. The van der Waals surface area contributed by atoms with Gasteiger partial charge in [0, 0.05) is 6.07 Å². The molecule has 9 heteroatoms. The number of hydrogen-bond donors (Lipinski definition) is 0. The molecule has 1 aromatic carbocycles. The van der Waals surface area contributed by atoms with E-state index in [2.05, 4.69) is 15.1 Å². The summed E-state index contributed by atoms with van der Waals surface area (Å²) in [7, 11) is 0. The maximum atomic E-state index is 11.0. The van der Waals surface area contributed by atoms with Crippen LogP contribution in [-0.4, -0.2) is 43.6 Å². The van der Waals surface area contributed by atoms with Crippen molar-refractivity contribution in [2.45, 2.75) is 25.9 Å². The van der Waals surface area contributed by atoms with E-state index in [1.165, 1.54) is 42.5 Å². The van der Waals surface area contributed by atoms with Gasteiger partial charge in [0.1, 0.15) is 6.33 Å². The Bertz CT molecular complexity index is 806. The van der Waals surface area contributed by atoms with Gasteiger partial charge in [-0.1, -0.05) is 18.6 Å². The summed E-state index contributed by atoms with van der Waals surface area (Å²) in [6.45, 7) is 2.75. The van der Waals surface area contributed by atoms with Crippen molar-refractivity contribution in [2.75, 3.05) is 13.1 Å². The van der Waals surface area contributed by atoms with E-state index in [9.17, 15) is 10.1 Å². The smallest absolute Gasteiger partial charge is 0.278 e. The van der Waals surface area contributed by atoms with E-state index in [0.717, 1.165) is 13.1 Å². The highest BCUT2D eigenvalue weighted by Gasteiger charge is 2.13. The third kappa shape index (κ3) is 3.74. The number of nitro benzene ring substituents is 1. The number of hydrogen-bond acceptors (Lipinski definition) is 6. The van der Waals surface area contributed by atoms with E-state index in [1.807, 2.05) is 0 Å². The fourth-order valence-corrected chi connectivity index (χ4v) is 2.88. The predicted octanol–water partition coefficient (Wildman–Crippen LogP) is 2.65. The lowest BCUT2D eigenvalue weighted by Crippen LogP contribution is -2.32. The van der Waals surface area contributed by atoms with Crippen molar-refractivity contribution in [3.63, 3.8) is 0 Å². The zero-order chi connectivity index (χ0) is 16.9. The van der Waals surface area contributed by atoms with Gasteiger partial charge >= 0.3 is 0 Å². The van der Waals surface area contributed by atoms with Gasteiger partial charge in [-0.15, -0.1) is 0 Å². The first-order chi connectivity index (χ1) is 11.6. The second-order valence-electron chi connectivity index (χ2n) is 5.64. The monoisotopic (exact) mass is 346 g/mol. The molecule has 24 heavy (non-hydrogen) atoms. The zero-order valence-electron chi connectivity index (χ0n) is 13.1. The molecule has 1 aliphatic rings. The van der Waals surface area contributed by atoms with Crippen molar-refractivity contribution in [1.29, 1.82) is 0 Å². The molecule has 0 spiro atoms. The predicted molar refractivity (Wildman–Crippen MR) is 92.6 cm³/mol. The van der Waals surface area contributed by atoms with Crippen molar-refractivity contribution in [3.05, 3.63) is 51.0 Å². The SMILES string of the molecule is O=[N+]([O-])c1ccccc1C=Nn1cnn(CN2CCCCC2)c1=S. The van der Waals surface area contributed by atoms with E-state index in [0.29, 0.717) is 17.0 Å². The fraction of sp³-hybridized carbons (Fsp3) is 0.400. The first-order valence-corrected chi connectivity index (χ1v) is 8.20. The summed E-state index contributed by atoms with van der Waals surface area (Å²) in [6.07, 6.45) is 6.63. The number of aromatic nitrogens is 3. The van der Waals surface area contributed by atoms with Crippen LogP contribution < -0.4 is 0 Å². The van der Waals surface area contributed by atoms with Crippen molar-refractivity contribution in [2.24, 2.45) is 5.10 Å². The van der Waals surface area contributed by atoms with Crippen LogP contribution in [0.25, 0.3) is 0 Å². The van der Waals surface area contributed by atoms with Gasteiger partial charge in [0.15, 0.2) is 0 Å². The van der Waals surface area contributed by atoms with Crippen LogP contribution >= 0.6 is 12.2 Å². The number of rotatable bonds is 5. The van der Waals surface area contributed by atoms with Gasteiger partial charge in [-0.05, 0) is 44.2 Å². The molecule has 126 valence electrons. The molecular formula is C15H18N6O2S. The zero-order valence-corrected chi connectivity index (χ0v) is 13.9. The summed E-state index contributed by atoms with van der Waals surface area (Å²) in [5, 5.41) is 19.5. The van der Waals surface area contributed by atoms with Crippen LogP contribution in [0.2, 0.25) is 0 Å². The van der Waals surface area contributed by atoms with Gasteiger partial charge in [0.05, 0.1) is 23.4 Å². The molecule has 1 fully saturated rings. The summed E-state index contributed by atoms with van der Waals surface area (Å²) >= 11 is 5.38. The minimum absolute atomic E-state index is 0.00785. The number of benzene rings is 1. The second kappa shape index (κ2) is 7.45. The minimum Gasteiger partial charge on any atom is -0.284 e. The van der Waals surface area contributed by atoms with Crippen LogP contribution in [0.1, 0.15) is 24.8 Å². The third-order valence-corrected chi connectivity index (χ3v) is 4.35. The maximum Gasteiger partial charge on any atom is 0.278 e. The van der Waals surface area contributed by atoms with Crippen molar-refractivity contribution in [1.82, 2.24) is 19.4 Å². The minimum atomic E-state index is -0.430. The quantitative estimate of drug-likeness (QED) is 0.360. The first kappa shape index (κ1) is 16.5. The average Bonchev–Trinajstić information content (AvgIpc) is 2.94. The number of para-hydroxylation sites is 1. The molecule has 0 saturated carbocycles. The second-order valence-corrected chi connectivity index (χ2v) is 6.00. The average molecular weight is 346 g/mol. The Morgan fingerprint density at radius 3 is 2.79 bits per heavy atom. The molecule has 1 aromatic heterocycles. The highest BCUT2D eigenvalue weighted by Crippen LogP contribution is 2.15. The Labute approximate surface area is 144 Å². The van der Waals surface area contributed by atoms with E-state index in [4.69, 9.17) is 12.2 Å². The normalized spacial score (nSPS) is 15.8. The molecule has 0 unspecified atom stereocenters. The Morgan fingerprint density at radius 1 is 1.29 bits per heavy atom. The topological polar surface area (TPSA) is 81.5 Å². The van der Waals surface area contributed by atoms with E-state index in [-0.39, 0.29) is 5.69 Å². The van der Waals surface area contributed by atoms with Crippen LogP contribution in [0.3, 0.4) is 0 Å². The van der Waals surface area contributed by atoms with Gasteiger partial charge in [-0.2, -0.15) is 14.9 Å².